The fraction of sp³-hybridized carbons (Fsp3) is 0.562. The van der Waals surface area contributed by atoms with Gasteiger partial charge in [0.15, 0.2) is 6.61 Å². The monoisotopic (exact) mass is 318 g/mol. The van der Waals surface area contributed by atoms with Gasteiger partial charge in [0, 0.05) is 0 Å². The summed E-state index contributed by atoms with van der Waals surface area (Å²) in [6.07, 6.45) is -4.31. The zero-order chi connectivity index (χ0) is 17.1. The zero-order valence-electron chi connectivity index (χ0n) is 13.4. The quantitative estimate of drug-likeness (QED) is 0.783. The Bertz CT molecular complexity index is 520. The van der Waals surface area contributed by atoms with E-state index in [9.17, 15) is 18.0 Å². The molecule has 0 spiro atoms. The van der Waals surface area contributed by atoms with Crippen LogP contribution < -0.4 is 4.74 Å². The number of rotatable bonds is 4. The van der Waals surface area contributed by atoms with Gasteiger partial charge in [-0.2, -0.15) is 13.2 Å². The second kappa shape index (κ2) is 6.58. The Labute approximate surface area is 128 Å². The van der Waals surface area contributed by atoms with E-state index in [2.05, 4.69) is 0 Å². The Balaban J connectivity index is 2.83. The van der Waals surface area contributed by atoms with E-state index in [4.69, 9.17) is 9.47 Å². The highest BCUT2D eigenvalue weighted by Crippen LogP contribution is 2.27. The first kappa shape index (κ1) is 18.3. The van der Waals surface area contributed by atoms with Gasteiger partial charge in [-0.25, -0.2) is 0 Å². The van der Waals surface area contributed by atoms with Gasteiger partial charge in [-0.1, -0.05) is 12.1 Å². The highest BCUT2D eigenvalue weighted by atomic mass is 19.4. The van der Waals surface area contributed by atoms with Crippen molar-refractivity contribution in [1.82, 2.24) is 0 Å². The summed E-state index contributed by atoms with van der Waals surface area (Å²) < 4.78 is 46.7. The third-order valence-corrected chi connectivity index (χ3v) is 2.67. The van der Waals surface area contributed by atoms with Crippen molar-refractivity contribution in [3.05, 3.63) is 28.8 Å². The van der Waals surface area contributed by atoms with Gasteiger partial charge in [-0.15, -0.1) is 0 Å². The summed E-state index contributed by atoms with van der Waals surface area (Å²) in [5, 5.41) is 0. The van der Waals surface area contributed by atoms with Crippen molar-refractivity contribution in [2.45, 2.75) is 52.8 Å². The summed E-state index contributed by atoms with van der Waals surface area (Å²) in [6.45, 7) is 7.29. The summed E-state index contributed by atoms with van der Waals surface area (Å²) >= 11 is 0. The predicted molar refractivity (Wildman–Crippen MR) is 77.0 cm³/mol. The van der Waals surface area contributed by atoms with Gasteiger partial charge >= 0.3 is 12.1 Å². The summed E-state index contributed by atoms with van der Waals surface area (Å²) in [5.74, 6) is -0.180. The number of carbonyl (C=O) groups excluding carboxylic acids is 1. The van der Waals surface area contributed by atoms with Gasteiger partial charge in [0.25, 0.3) is 0 Å². The van der Waals surface area contributed by atoms with Crippen LogP contribution in [0.15, 0.2) is 12.1 Å². The summed E-state index contributed by atoms with van der Waals surface area (Å²) in [5.41, 5.74) is 1.23. The molecule has 0 unspecified atom stereocenters. The molecule has 6 heteroatoms. The van der Waals surface area contributed by atoms with E-state index >= 15 is 0 Å². The van der Waals surface area contributed by atoms with Crippen molar-refractivity contribution in [2.24, 2.45) is 0 Å². The minimum absolute atomic E-state index is 0.0680. The maximum absolute atomic E-state index is 12.2. The van der Waals surface area contributed by atoms with E-state index in [1.807, 2.05) is 0 Å². The van der Waals surface area contributed by atoms with E-state index in [1.165, 1.54) is 0 Å². The van der Waals surface area contributed by atoms with Gasteiger partial charge in [-0.05, 0) is 51.3 Å². The topological polar surface area (TPSA) is 35.5 Å². The lowest BCUT2D eigenvalue weighted by Gasteiger charge is -2.20. The molecule has 0 amide bonds. The van der Waals surface area contributed by atoms with Gasteiger partial charge in [0.1, 0.15) is 11.4 Å². The first-order valence-electron chi connectivity index (χ1n) is 6.89. The van der Waals surface area contributed by atoms with Gasteiger partial charge < -0.3 is 9.47 Å². The molecule has 0 N–H and O–H groups in total. The second-order valence-corrected chi connectivity index (χ2v) is 6.23. The lowest BCUT2D eigenvalue weighted by Crippen LogP contribution is -2.25. The van der Waals surface area contributed by atoms with Crippen LogP contribution in [0.1, 0.15) is 37.5 Å². The van der Waals surface area contributed by atoms with Crippen LogP contribution in [0.3, 0.4) is 0 Å². The maximum atomic E-state index is 12.2. The van der Waals surface area contributed by atoms with Crippen molar-refractivity contribution in [1.29, 1.82) is 0 Å². The molecule has 0 radical (unpaired) electrons. The standard InChI is InChI=1S/C16H21F3O3/c1-10-6-12(8-13(20)22-15(3,4)5)7-11(2)14(10)21-9-16(17,18)19/h6-7H,8-9H2,1-5H3. The van der Waals surface area contributed by atoms with Crippen LogP contribution in [0.2, 0.25) is 0 Å². The first-order valence-corrected chi connectivity index (χ1v) is 6.89. The molecule has 124 valence electrons. The molecule has 0 fully saturated rings. The van der Waals surface area contributed by atoms with Crippen LogP contribution in [0.4, 0.5) is 13.2 Å². The van der Waals surface area contributed by atoms with Crippen LogP contribution in [0, 0.1) is 13.8 Å². The number of benzene rings is 1. The van der Waals surface area contributed by atoms with Gasteiger partial charge in [-0.3, -0.25) is 4.79 Å². The zero-order valence-corrected chi connectivity index (χ0v) is 13.4. The SMILES string of the molecule is Cc1cc(CC(=O)OC(C)(C)C)cc(C)c1OCC(F)(F)F. The molecule has 0 atom stereocenters. The minimum Gasteiger partial charge on any atom is -0.484 e. The number of carbonyl (C=O) groups is 1. The van der Waals surface area contributed by atoms with Gasteiger partial charge in [0.2, 0.25) is 0 Å². The molecule has 0 heterocycles. The van der Waals surface area contributed by atoms with Gasteiger partial charge in [0.05, 0.1) is 6.42 Å². The molecule has 0 saturated heterocycles. The van der Waals surface area contributed by atoms with Crippen LogP contribution in [0.25, 0.3) is 0 Å². The third kappa shape index (κ3) is 6.37. The van der Waals surface area contributed by atoms with E-state index in [-0.39, 0.29) is 18.1 Å². The lowest BCUT2D eigenvalue weighted by atomic mass is 10.0. The molecule has 1 rings (SSSR count). The number of aryl methyl sites for hydroxylation is 2. The minimum atomic E-state index is -4.38. The average Bonchev–Trinajstić information content (AvgIpc) is 2.22. The highest BCUT2D eigenvalue weighted by molar-refractivity contribution is 5.73. The number of hydrogen-bond donors (Lipinski definition) is 0. The van der Waals surface area contributed by atoms with E-state index in [0.717, 1.165) is 0 Å². The molecule has 3 nitrogen and oxygen atoms in total. The molecule has 0 aliphatic rings. The first-order chi connectivity index (χ1) is 9.87. The number of hydrogen-bond acceptors (Lipinski definition) is 3. The Morgan fingerprint density at radius 1 is 1.09 bits per heavy atom. The highest BCUT2D eigenvalue weighted by Gasteiger charge is 2.29. The molecule has 0 aromatic heterocycles. The second-order valence-electron chi connectivity index (χ2n) is 6.23. The summed E-state index contributed by atoms with van der Waals surface area (Å²) in [6, 6.07) is 3.28. The molecule has 0 aliphatic heterocycles. The number of halogens is 3. The average molecular weight is 318 g/mol. The predicted octanol–water partition coefficient (Wildman–Crippen LogP) is 4.13. The van der Waals surface area contributed by atoms with Crippen molar-refractivity contribution in [2.75, 3.05) is 6.61 Å². The molecule has 0 bridgehead atoms. The van der Waals surface area contributed by atoms with Crippen LogP contribution in [-0.4, -0.2) is 24.4 Å². The summed E-state index contributed by atoms with van der Waals surface area (Å²) in [7, 11) is 0. The molecule has 0 saturated carbocycles. The Hall–Kier alpha value is -1.72. The largest absolute Gasteiger partial charge is 0.484 e. The molecule has 22 heavy (non-hydrogen) atoms. The van der Waals surface area contributed by atoms with Crippen LogP contribution in [0.5, 0.6) is 5.75 Å². The van der Waals surface area contributed by atoms with Crippen LogP contribution in [-0.2, 0) is 16.0 Å². The maximum Gasteiger partial charge on any atom is 0.422 e. The molecule has 1 aromatic carbocycles. The molecular weight excluding hydrogens is 297 g/mol. The Kier molecular flexibility index (Phi) is 5.49. The van der Waals surface area contributed by atoms with E-state index < -0.39 is 18.4 Å². The molecule has 0 aliphatic carbocycles. The normalized spacial score (nSPS) is 12.2. The molecular formula is C16H21F3O3. The third-order valence-electron chi connectivity index (χ3n) is 2.67. The van der Waals surface area contributed by atoms with Crippen molar-refractivity contribution in [3.8, 4) is 5.75 Å². The lowest BCUT2D eigenvalue weighted by molar-refractivity contribution is -0.154. The van der Waals surface area contributed by atoms with Crippen molar-refractivity contribution in [3.63, 3.8) is 0 Å². The smallest absolute Gasteiger partial charge is 0.422 e. The van der Waals surface area contributed by atoms with Crippen molar-refractivity contribution >= 4 is 5.97 Å². The van der Waals surface area contributed by atoms with Crippen molar-refractivity contribution < 1.29 is 27.4 Å². The molecule has 1 aromatic rings. The summed E-state index contributed by atoms with van der Waals surface area (Å²) in [4.78, 5) is 11.8. The Morgan fingerprint density at radius 3 is 2.00 bits per heavy atom. The van der Waals surface area contributed by atoms with Crippen LogP contribution >= 0.6 is 0 Å². The number of alkyl halides is 3. The Morgan fingerprint density at radius 2 is 1.59 bits per heavy atom. The number of esters is 1. The number of ether oxygens (including phenoxy) is 2. The van der Waals surface area contributed by atoms with E-state index in [0.29, 0.717) is 16.7 Å². The fourth-order valence-corrected chi connectivity index (χ4v) is 2.07. The van der Waals surface area contributed by atoms with E-state index in [1.54, 1.807) is 46.8 Å². The fourth-order valence-electron chi connectivity index (χ4n) is 2.07.